The van der Waals surface area contributed by atoms with Crippen LogP contribution < -0.4 is 5.32 Å². The second-order valence-corrected chi connectivity index (χ2v) is 8.28. The highest BCUT2D eigenvalue weighted by Gasteiger charge is 2.28. The van der Waals surface area contributed by atoms with Crippen molar-refractivity contribution in [3.8, 4) is 11.5 Å². The second kappa shape index (κ2) is 9.01. The normalized spacial score (nSPS) is 20.1. The number of pyridine rings is 1. The molecule has 0 bridgehead atoms. The van der Waals surface area contributed by atoms with Gasteiger partial charge >= 0.3 is 6.03 Å². The first-order valence-electron chi connectivity index (χ1n) is 11.1. The first-order valence-corrected chi connectivity index (χ1v) is 11.1. The summed E-state index contributed by atoms with van der Waals surface area (Å²) >= 11 is 0. The van der Waals surface area contributed by atoms with Gasteiger partial charge in [-0.1, -0.05) is 29.4 Å². The quantitative estimate of drug-likeness (QED) is 0.690. The molecular formula is C23H27N5O3. The van der Waals surface area contributed by atoms with Crippen LogP contribution in [0.15, 0.2) is 40.9 Å². The molecule has 162 valence electrons. The molecule has 2 aliphatic heterocycles. The number of benzene rings is 1. The lowest BCUT2D eigenvalue weighted by Crippen LogP contribution is -2.46. The van der Waals surface area contributed by atoms with Gasteiger partial charge in [0.2, 0.25) is 11.7 Å². The molecule has 2 amide bonds. The average molecular weight is 422 g/mol. The van der Waals surface area contributed by atoms with Gasteiger partial charge in [-0.3, -0.25) is 0 Å². The minimum atomic E-state index is -0.0146. The monoisotopic (exact) mass is 421 g/mol. The van der Waals surface area contributed by atoms with E-state index in [4.69, 9.17) is 9.26 Å². The number of fused-ring (bicyclic) bond motifs is 1. The van der Waals surface area contributed by atoms with Crippen molar-refractivity contribution in [2.45, 2.75) is 44.1 Å². The van der Waals surface area contributed by atoms with Gasteiger partial charge in [-0.15, -0.1) is 0 Å². The van der Waals surface area contributed by atoms with Crippen molar-refractivity contribution in [2.24, 2.45) is 0 Å². The number of aromatic nitrogens is 3. The number of urea groups is 1. The summed E-state index contributed by atoms with van der Waals surface area (Å²) < 4.78 is 11.2. The fraction of sp³-hybridized carbons (Fsp3) is 0.478. The second-order valence-electron chi connectivity index (χ2n) is 8.28. The standard InChI is InChI=1S/C23H27N5O3/c29-23(24-15-18-6-3-4-14-30-18)28-12-10-17(11-13-28)22-26-21(27-31-22)20-9-8-16-5-1-2-7-19(16)25-20/h1-2,5,7-9,17-18H,3-4,6,10-15H2,(H,24,29). The van der Waals surface area contributed by atoms with Crippen molar-refractivity contribution < 1.29 is 14.1 Å². The summed E-state index contributed by atoms with van der Waals surface area (Å²) in [6, 6.07) is 11.9. The third-order valence-electron chi connectivity index (χ3n) is 6.16. The first-order chi connectivity index (χ1) is 15.3. The number of rotatable bonds is 4. The van der Waals surface area contributed by atoms with E-state index in [1.54, 1.807) is 0 Å². The highest BCUT2D eigenvalue weighted by molar-refractivity contribution is 5.80. The minimum absolute atomic E-state index is 0.0146. The molecule has 0 spiro atoms. The van der Waals surface area contributed by atoms with Crippen molar-refractivity contribution in [3.05, 3.63) is 42.3 Å². The SMILES string of the molecule is O=C(NCC1CCCCO1)N1CCC(c2nc(-c3ccc4ccccc4n3)no2)CC1. The number of likely N-dealkylation sites (tertiary alicyclic amines) is 1. The number of para-hydroxylation sites is 1. The number of carbonyl (C=O) groups excluding carboxylic acids is 1. The molecule has 2 fully saturated rings. The fourth-order valence-electron chi connectivity index (χ4n) is 4.31. The van der Waals surface area contributed by atoms with Crippen LogP contribution >= 0.6 is 0 Å². The van der Waals surface area contributed by atoms with Gasteiger partial charge in [0.15, 0.2) is 0 Å². The van der Waals surface area contributed by atoms with Crippen LogP contribution in [0.2, 0.25) is 0 Å². The summed E-state index contributed by atoms with van der Waals surface area (Å²) in [5.74, 6) is 1.29. The maximum absolute atomic E-state index is 12.5. The summed E-state index contributed by atoms with van der Waals surface area (Å²) in [6.07, 6.45) is 5.07. The molecule has 1 aromatic carbocycles. The number of ether oxygens (including phenoxy) is 1. The summed E-state index contributed by atoms with van der Waals surface area (Å²) in [6.45, 7) is 2.74. The molecule has 0 saturated carbocycles. The van der Waals surface area contributed by atoms with Crippen LogP contribution in [0.25, 0.3) is 22.4 Å². The van der Waals surface area contributed by atoms with Crippen molar-refractivity contribution in [3.63, 3.8) is 0 Å². The van der Waals surface area contributed by atoms with Gasteiger partial charge in [-0.05, 0) is 44.2 Å². The zero-order valence-corrected chi connectivity index (χ0v) is 17.5. The lowest BCUT2D eigenvalue weighted by molar-refractivity contribution is 0.0176. The lowest BCUT2D eigenvalue weighted by Gasteiger charge is -2.31. The number of carbonyl (C=O) groups is 1. The Balaban J connectivity index is 1.16. The lowest BCUT2D eigenvalue weighted by atomic mass is 9.97. The predicted octanol–water partition coefficient (Wildman–Crippen LogP) is 3.74. The Hall–Kier alpha value is -3.00. The van der Waals surface area contributed by atoms with Crippen LogP contribution in [0.3, 0.4) is 0 Å². The molecule has 2 saturated heterocycles. The molecule has 8 heteroatoms. The Morgan fingerprint density at radius 2 is 1.94 bits per heavy atom. The van der Waals surface area contributed by atoms with E-state index >= 15 is 0 Å². The predicted molar refractivity (Wildman–Crippen MR) is 116 cm³/mol. The van der Waals surface area contributed by atoms with Gasteiger partial charge in [0.1, 0.15) is 5.69 Å². The van der Waals surface area contributed by atoms with E-state index in [-0.39, 0.29) is 18.1 Å². The van der Waals surface area contributed by atoms with E-state index in [9.17, 15) is 4.79 Å². The molecule has 1 atom stereocenters. The molecule has 5 rings (SSSR count). The Kier molecular flexibility index (Phi) is 5.80. The number of hydrogen-bond acceptors (Lipinski definition) is 6. The molecule has 2 aliphatic rings. The highest BCUT2D eigenvalue weighted by atomic mass is 16.5. The Labute approximate surface area is 181 Å². The van der Waals surface area contributed by atoms with Crippen molar-refractivity contribution in [1.29, 1.82) is 0 Å². The van der Waals surface area contributed by atoms with Crippen LogP contribution in [0, 0.1) is 0 Å². The number of nitrogens with one attached hydrogen (secondary N) is 1. The van der Waals surface area contributed by atoms with Crippen LogP contribution in [0.4, 0.5) is 4.79 Å². The van der Waals surface area contributed by atoms with Gasteiger partial charge in [0.25, 0.3) is 0 Å². The summed E-state index contributed by atoms with van der Waals surface area (Å²) in [5, 5.41) is 8.25. The van der Waals surface area contributed by atoms with Gasteiger partial charge in [-0.25, -0.2) is 9.78 Å². The Morgan fingerprint density at radius 1 is 1.06 bits per heavy atom. The zero-order chi connectivity index (χ0) is 21.0. The van der Waals surface area contributed by atoms with Crippen molar-refractivity contribution in [2.75, 3.05) is 26.2 Å². The van der Waals surface area contributed by atoms with Crippen molar-refractivity contribution >= 4 is 16.9 Å². The summed E-state index contributed by atoms with van der Waals surface area (Å²) in [5.41, 5.74) is 1.61. The molecule has 2 aromatic heterocycles. The van der Waals surface area contributed by atoms with Crippen LogP contribution in [0.5, 0.6) is 0 Å². The van der Waals surface area contributed by atoms with E-state index in [1.807, 2.05) is 41.3 Å². The largest absolute Gasteiger partial charge is 0.376 e. The molecule has 1 unspecified atom stereocenters. The van der Waals surface area contributed by atoms with E-state index in [1.165, 1.54) is 6.42 Å². The van der Waals surface area contributed by atoms with Gasteiger partial charge in [-0.2, -0.15) is 4.98 Å². The maximum atomic E-state index is 12.5. The van der Waals surface area contributed by atoms with Gasteiger partial charge in [0.05, 0.1) is 11.6 Å². The number of hydrogen-bond donors (Lipinski definition) is 1. The Bertz CT molecular complexity index is 1040. The third-order valence-corrected chi connectivity index (χ3v) is 6.16. The number of piperidine rings is 1. The van der Waals surface area contributed by atoms with Crippen LogP contribution in [-0.2, 0) is 4.74 Å². The smallest absolute Gasteiger partial charge is 0.317 e. The van der Waals surface area contributed by atoms with Crippen molar-refractivity contribution in [1.82, 2.24) is 25.3 Å². The van der Waals surface area contributed by atoms with Gasteiger partial charge in [0, 0.05) is 37.5 Å². The maximum Gasteiger partial charge on any atom is 0.317 e. The fourth-order valence-corrected chi connectivity index (χ4v) is 4.31. The number of amides is 2. The molecule has 31 heavy (non-hydrogen) atoms. The zero-order valence-electron chi connectivity index (χ0n) is 17.5. The minimum Gasteiger partial charge on any atom is -0.376 e. The molecule has 0 radical (unpaired) electrons. The van der Waals surface area contributed by atoms with E-state index in [0.717, 1.165) is 43.2 Å². The molecule has 4 heterocycles. The molecule has 0 aliphatic carbocycles. The Morgan fingerprint density at radius 3 is 2.77 bits per heavy atom. The van der Waals surface area contributed by atoms with Crippen LogP contribution in [-0.4, -0.2) is 58.4 Å². The third kappa shape index (κ3) is 4.54. The van der Waals surface area contributed by atoms with E-state index in [2.05, 4.69) is 20.4 Å². The molecule has 8 nitrogen and oxygen atoms in total. The average Bonchev–Trinajstić information content (AvgIpc) is 3.33. The van der Waals surface area contributed by atoms with Gasteiger partial charge < -0.3 is 19.5 Å². The highest BCUT2D eigenvalue weighted by Crippen LogP contribution is 2.28. The first kappa shape index (κ1) is 19.9. The van der Waals surface area contributed by atoms with Crippen LogP contribution in [0.1, 0.15) is 43.9 Å². The summed E-state index contributed by atoms with van der Waals surface area (Å²) in [7, 11) is 0. The van der Waals surface area contributed by atoms with E-state index in [0.29, 0.717) is 37.0 Å². The van der Waals surface area contributed by atoms with E-state index < -0.39 is 0 Å². The summed E-state index contributed by atoms with van der Waals surface area (Å²) in [4.78, 5) is 23.6. The topological polar surface area (TPSA) is 93.4 Å². The molecule has 1 N–H and O–H groups in total. The molecule has 3 aromatic rings. The molecular weight excluding hydrogens is 394 g/mol. The number of nitrogens with zero attached hydrogens (tertiary/aromatic N) is 4.